The molecule has 0 bridgehead atoms. The lowest BCUT2D eigenvalue weighted by molar-refractivity contribution is -0.384. The molecule has 1 aromatic carbocycles. The smallest absolute Gasteiger partial charge is 0.280 e. The summed E-state index contributed by atoms with van der Waals surface area (Å²) in [6.07, 6.45) is 2.69. The molecular weight excluding hydrogens is 326 g/mol. The Kier molecular flexibility index (Phi) is 3.35. The molecule has 1 aliphatic carbocycles. The van der Waals surface area contributed by atoms with Crippen molar-refractivity contribution < 1.29 is 9.45 Å². The third kappa shape index (κ3) is 2.47. The van der Waals surface area contributed by atoms with E-state index in [1.807, 2.05) is 0 Å². The molecule has 25 heavy (non-hydrogen) atoms. The van der Waals surface area contributed by atoms with E-state index in [1.54, 1.807) is 19.1 Å². The summed E-state index contributed by atoms with van der Waals surface area (Å²) in [4.78, 5) is 14.8. The summed E-state index contributed by atoms with van der Waals surface area (Å²) in [5, 5.41) is 23.0. The van der Waals surface area contributed by atoms with Gasteiger partial charge in [-0.25, -0.2) is 4.68 Å². The Labute approximate surface area is 141 Å². The number of nitrogens with zero attached hydrogens (tertiary/aromatic N) is 6. The first-order valence-corrected chi connectivity index (χ1v) is 7.78. The van der Waals surface area contributed by atoms with Gasteiger partial charge >= 0.3 is 0 Å². The van der Waals surface area contributed by atoms with Crippen LogP contribution in [0.4, 0.5) is 5.69 Å². The normalized spacial score (nSPS) is 15.8. The van der Waals surface area contributed by atoms with E-state index >= 15 is 0 Å². The predicted octanol–water partition coefficient (Wildman–Crippen LogP) is 1.87. The van der Waals surface area contributed by atoms with Gasteiger partial charge in [0.1, 0.15) is 0 Å². The van der Waals surface area contributed by atoms with Crippen LogP contribution in [0.2, 0.25) is 0 Å². The second-order valence-electron chi connectivity index (χ2n) is 6.15. The second kappa shape index (κ2) is 5.45. The van der Waals surface area contributed by atoms with Gasteiger partial charge in [-0.2, -0.15) is 4.98 Å². The molecule has 0 aliphatic heterocycles. The summed E-state index contributed by atoms with van der Waals surface area (Å²) in [5.41, 5.74) is 7.24. The topological polar surface area (TPSA) is 139 Å². The molecule has 0 unspecified atom stereocenters. The number of non-ortho nitro benzene ring substituents is 1. The fourth-order valence-corrected chi connectivity index (χ4v) is 2.81. The molecule has 2 heterocycles. The van der Waals surface area contributed by atoms with Crippen molar-refractivity contribution >= 4 is 5.69 Å². The number of nitrogens with two attached hydrogens (primary N) is 1. The molecule has 0 spiro atoms. The Bertz CT molecular complexity index is 958. The zero-order valence-electron chi connectivity index (χ0n) is 13.4. The lowest BCUT2D eigenvalue weighted by atomic mass is 9.77. The van der Waals surface area contributed by atoms with Gasteiger partial charge in [0.2, 0.25) is 0 Å². The van der Waals surface area contributed by atoms with E-state index in [2.05, 4.69) is 20.5 Å². The monoisotopic (exact) mass is 341 g/mol. The standard InChI is InChI=1S/C15H15N7O3/c1-9-12(13-17-14(19-25-13)15(16)6-3-7-15)18-20-21(9)10-4-2-5-11(8-10)22(23)24/h2,4-5,8H,3,6-7,16H2,1H3. The molecule has 128 valence electrons. The van der Waals surface area contributed by atoms with Gasteiger partial charge in [0.25, 0.3) is 11.6 Å². The Hall–Kier alpha value is -3.14. The highest BCUT2D eigenvalue weighted by Crippen LogP contribution is 2.37. The van der Waals surface area contributed by atoms with Gasteiger partial charge in [0.15, 0.2) is 11.5 Å². The van der Waals surface area contributed by atoms with Crippen LogP contribution in [0.1, 0.15) is 30.8 Å². The van der Waals surface area contributed by atoms with Crippen LogP contribution in [0.3, 0.4) is 0 Å². The molecule has 0 saturated heterocycles. The van der Waals surface area contributed by atoms with Gasteiger partial charge < -0.3 is 10.3 Å². The summed E-state index contributed by atoms with van der Waals surface area (Å²) < 4.78 is 6.79. The second-order valence-corrected chi connectivity index (χ2v) is 6.15. The summed E-state index contributed by atoms with van der Waals surface area (Å²) in [6, 6.07) is 6.14. The van der Waals surface area contributed by atoms with Crippen LogP contribution in [0.25, 0.3) is 17.3 Å². The summed E-state index contributed by atoms with van der Waals surface area (Å²) in [7, 11) is 0. The molecule has 2 aromatic heterocycles. The van der Waals surface area contributed by atoms with Crippen LogP contribution < -0.4 is 5.73 Å². The number of hydrogen-bond donors (Lipinski definition) is 1. The van der Waals surface area contributed by atoms with Crippen LogP contribution in [-0.4, -0.2) is 30.1 Å². The Balaban J connectivity index is 1.70. The van der Waals surface area contributed by atoms with Gasteiger partial charge in [-0.1, -0.05) is 16.4 Å². The summed E-state index contributed by atoms with van der Waals surface area (Å²) in [6.45, 7) is 1.78. The van der Waals surface area contributed by atoms with Crippen LogP contribution >= 0.6 is 0 Å². The minimum atomic E-state index is -0.522. The fourth-order valence-electron chi connectivity index (χ4n) is 2.81. The van der Waals surface area contributed by atoms with Gasteiger partial charge in [-0.15, -0.1) is 5.10 Å². The van der Waals surface area contributed by atoms with Crippen molar-refractivity contribution in [2.75, 3.05) is 0 Å². The lowest BCUT2D eigenvalue weighted by Gasteiger charge is -2.34. The molecule has 1 aliphatic rings. The van der Waals surface area contributed by atoms with Crippen molar-refractivity contribution in [3.8, 4) is 17.3 Å². The number of nitro benzene ring substituents is 1. The van der Waals surface area contributed by atoms with Gasteiger partial charge in [0, 0.05) is 12.1 Å². The predicted molar refractivity (Wildman–Crippen MR) is 85.8 cm³/mol. The van der Waals surface area contributed by atoms with Crippen LogP contribution in [0, 0.1) is 17.0 Å². The van der Waals surface area contributed by atoms with Crippen molar-refractivity contribution in [1.82, 2.24) is 25.1 Å². The molecule has 4 rings (SSSR count). The molecule has 0 radical (unpaired) electrons. The highest BCUT2D eigenvalue weighted by Gasteiger charge is 2.39. The SMILES string of the molecule is Cc1c(-c2nc(C3(N)CCC3)no2)nnn1-c1cccc([N+](=O)[O-])c1. The first kappa shape index (κ1) is 15.4. The molecular formula is C15H15N7O3. The molecule has 1 fully saturated rings. The van der Waals surface area contributed by atoms with Gasteiger partial charge in [0.05, 0.1) is 21.8 Å². The third-order valence-electron chi connectivity index (χ3n) is 4.50. The van der Waals surface area contributed by atoms with Gasteiger partial charge in [-0.3, -0.25) is 10.1 Å². The zero-order chi connectivity index (χ0) is 17.6. The average Bonchev–Trinajstić information content (AvgIpc) is 3.19. The number of rotatable bonds is 4. The quantitative estimate of drug-likeness (QED) is 0.560. The maximum absolute atomic E-state index is 10.9. The maximum atomic E-state index is 10.9. The first-order valence-electron chi connectivity index (χ1n) is 7.78. The minimum absolute atomic E-state index is 0.0240. The third-order valence-corrected chi connectivity index (χ3v) is 4.50. The summed E-state index contributed by atoms with van der Waals surface area (Å²) >= 11 is 0. The molecule has 0 atom stereocenters. The lowest BCUT2D eigenvalue weighted by Crippen LogP contribution is -2.44. The Morgan fingerprint density at radius 1 is 1.40 bits per heavy atom. The van der Waals surface area contributed by atoms with Crippen LogP contribution in [0.5, 0.6) is 0 Å². The maximum Gasteiger partial charge on any atom is 0.280 e. The number of nitro groups is 1. The molecule has 10 nitrogen and oxygen atoms in total. The van der Waals surface area contributed by atoms with Crippen molar-refractivity contribution in [2.45, 2.75) is 31.7 Å². The Morgan fingerprint density at radius 3 is 2.88 bits per heavy atom. The molecule has 1 saturated carbocycles. The summed E-state index contributed by atoms with van der Waals surface area (Å²) in [5.74, 6) is 0.707. The number of aromatic nitrogens is 5. The number of hydrogen-bond acceptors (Lipinski definition) is 8. The minimum Gasteiger partial charge on any atom is -0.332 e. The molecule has 3 aromatic rings. The van der Waals surface area contributed by atoms with E-state index in [0.717, 1.165) is 19.3 Å². The van der Waals surface area contributed by atoms with E-state index in [0.29, 0.717) is 22.9 Å². The number of benzene rings is 1. The van der Waals surface area contributed by atoms with Gasteiger partial charge in [-0.05, 0) is 32.3 Å². The first-order chi connectivity index (χ1) is 12.0. The zero-order valence-corrected chi connectivity index (χ0v) is 13.4. The van der Waals surface area contributed by atoms with Crippen molar-refractivity contribution in [2.24, 2.45) is 5.73 Å². The van der Waals surface area contributed by atoms with Crippen molar-refractivity contribution in [3.05, 3.63) is 45.9 Å². The van der Waals surface area contributed by atoms with E-state index in [4.69, 9.17) is 10.3 Å². The molecule has 0 amide bonds. The van der Waals surface area contributed by atoms with E-state index < -0.39 is 10.5 Å². The fraction of sp³-hybridized carbons (Fsp3) is 0.333. The largest absolute Gasteiger partial charge is 0.332 e. The average molecular weight is 341 g/mol. The highest BCUT2D eigenvalue weighted by atomic mass is 16.6. The van der Waals surface area contributed by atoms with Crippen molar-refractivity contribution in [1.29, 1.82) is 0 Å². The van der Waals surface area contributed by atoms with Crippen molar-refractivity contribution in [3.63, 3.8) is 0 Å². The van der Waals surface area contributed by atoms with Crippen LogP contribution in [0.15, 0.2) is 28.8 Å². The van der Waals surface area contributed by atoms with E-state index in [9.17, 15) is 10.1 Å². The Morgan fingerprint density at radius 2 is 2.20 bits per heavy atom. The van der Waals surface area contributed by atoms with Crippen LogP contribution in [-0.2, 0) is 5.54 Å². The highest BCUT2D eigenvalue weighted by molar-refractivity contribution is 5.52. The van der Waals surface area contributed by atoms with E-state index in [1.165, 1.54) is 16.8 Å². The van der Waals surface area contributed by atoms with E-state index in [-0.39, 0.29) is 11.6 Å². The molecule has 2 N–H and O–H groups in total. The molecule has 10 heteroatoms.